The van der Waals surface area contributed by atoms with Crippen LogP contribution in [0.5, 0.6) is 0 Å². The van der Waals surface area contributed by atoms with E-state index in [1.165, 1.54) is 12.8 Å². The van der Waals surface area contributed by atoms with Crippen molar-refractivity contribution in [2.24, 2.45) is 5.41 Å². The van der Waals surface area contributed by atoms with Crippen LogP contribution >= 0.6 is 0 Å². The van der Waals surface area contributed by atoms with Crippen molar-refractivity contribution in [2.75, 3.05) is 19.7 Å². The van der Waals surface area contributed by atoms with Crippen molar-refractivity contribution in [2.45, 2.75) is 19.2 Å². The van der Waals surface area contributed by atoms with Crippen molar-refractivity contribution >= 4 is 7.12 Å². The lowest BCUT2D eigenvalue weighted by Gasteiger charge is -2.32. The van der Waals surface area contributed by atoms with Crippen molar-refractivity contribution in [3.63, 3.8) is 0 Å². The molecule has 0 saturated carbocycles. The van der Waals surface area contributed by atoms with Gasteiger partial charge in [-0.15, -0.1) is 0 Å². The van der Waals surface area contributed by atoms with E-state index in [1.54, 1.807) is 0 Å². The lowest BCUT2D eigenvalue weighted by molar-refractivity contribution is 0.165. The molecule has 4 heteroatoms. The average molecular weight is 155 g/mol. The molecule has 0 aromatic rings. The van der Waals surface area contributed by atoms with Crippen molar-refractivity contribution in [1.29, 1.82) is 0 Å². The largest absolute Gasteiger partial charge is 0.454 e. The molecule has 0 aromatic heterocycles. The summed E-state index contributed by atoms with van der Waals surface area (Å²) < 4.78 is 5.16. The van der Waals surface area contributed by atoms with Crippen molar-refractivity contribution in [1.82, 2.24) is 5.32 Å². The normalized spacial score (nSPS) is 38.5. The molecule has 0 bridgehead atoms. The Morgan fingerprint density at radius 1 is 1.55 bits per heavy atom. The van der Waals surface area contributed by atoms with E-state index in [2.05, 4.69) is 5.32 Å². The molecule has 0 aliphatic carbocycles. The van der Waals surface area contributed by atoms with Gasteiger partial charge in [0.2, 0.25) is 0 Å². The molecule has 11 heavy (non-hydrogen) atoms. The summed E-state index contributed by atoms with van der Waals surface area (Å²) in [6.07, 6.45) is 3.24. The fourth-order valence-electron chi connectivity index (χ4n) is 2.09. The van der Waals surface area contributed by atoms with Gasteiger partial charge < -0.3 is 15.0 Å². The van der Waals surface area contributed by atoms with Gasteiger partial charge in [0.25, 0.3) is 0 Å². The molecular formula is C7H14BNO2. The minimum Gasteiger partial charge on any atom is -0.427 e. The molecule has 2 aliphatic rings. The molecule has 1 spiro atoms. The zero-order valence-electron chi connectivity index (χ0n) is 6.68. The molecule has 0 radical (unpaired) electrons. The fraction of sp³-hybridized carbons (Fsp3) is 1.00. The smallest absolute Gasteiger partial charge is 0.427 e. The van der Waals surface area contributed by atoms with Crippen LogP contribution in [0.2, 0.25) is 6.32 Å². The summed E-state index contributed by atoms with van der Waals surface area (Å²) in [6.45, 7) is 2.88. The summed E-state index contributed by atoms with van der Waals surface area (Å²) in [5, 5.41) is 12.5. The molecule has 2 aliphatic heterocycles. The Kier molecular flexibility index (Phi) is 1.91. The molecular weight excluding hydrogens is 141 g/mol. The van der Waals surface area contributed by atoms with Gasteiger partial charge in [-0.05, 0) is 25.7 Å². The maximum atomic E-state index is 9.20. The quantitative estimate of drug-likeness (QED) is 0.478. The summed E-state index contributed by atoms with van der Waals surface area (Å²) >= 11 is 0. The molecule has 2 N–H and O–H groups in total. The number of nitrogens with one attached hydrogen (secondary N) is 1. The fourth-order valence-corrected chi connectivity index (χ4v) is 2.09. The maximum absolute atomic E-state index is 9.20. The van der Waals surface area contributed by atoms with Crippen LogP contribution in [0.3, 0.4) is 0 Å². The van der Waals surface area contributed by atoms with E-state index in [1.807, 2.05) is 0 Å². The van der Waals surface area contributed by atoms with E-state index in [4.69, 9.17) is 4.65 Å². The Bertz CT molecular complexity index is 142. The molecule has 2 heterocycles. The lowest BCUT2D eigenvalue weighted by atomic mass is 9.69. The topological polar surface area (TPSA) is 41.5 Å². The molecule has 1 unspecified atom stereocenters. The maximum Gasteiger partial charge on any atom is 0.454 e. The van der Waals surface area contributed by atoms with Gasteiger partial charge in [-0.2, -0.15) is 0 Å². The van der Waals surface area contributed by atoms with Crippen LogP contribution in [-0.2, 0) is 4.65 Å². The summed E-state index contributed by atoms with van der Waals surface area (Å²) in [5.41, 5.74) is 0.262. The first-order chi connectivity index (χ1) is 5.31. The van der Waals surface area contributed by atoms with E-state index in [9.17, 15) is 5.02 Å². The van der Waals surface area contributed by atoms with Gasteiger partial charge in [0.05, 0.1) is 0 Å². The van der Waals surface area contributed by atoms with Crippen LogP contribution in [0.15, 0.2) is 0 Å². The third kappa shape index (κ3) is 1.43. The number of hydrogen-bond acceptors (Lipinski definition) is 3. The first kappa shape index (κ1) is 7.59. The lowest BCUT2D eigenvalue weighted by Crippen LogP contribution is -2.40. The third-order valence-electron chi connectivity index (χ3n) is 2.75. The van der Waals surface area contributed by atoms with E-state index in [0.717, 1.165) is 26.0 Å². The van der Waals surface area contributed by atoms with Gasteiger partial charge >= 0.3 is 7.12 Å². The third-order valence-corrected chi connectivity index (χ3v) is 2.75. The van der Waals surface area contributed by atoms with E-state index < -0.39 is 7.12 Å². The van der Waals surface area contributed by atoms with Gasteiger partial charge in [-0.3, -0.25) is 0 Å². The first-order valence-electron chi connectivity index (χ1n) is 4.31. The standard InChI is InChI=1S/C7H14BNO2/c10-8-4-7(6-11-8)2-1-3-9-5-7/h9-10H,1-6H2. The number of piperidine rings is 1. The van der Waals surface area contributed by atoms with Gasteiger partial charge in [-0.1, -0.05) is 0 Å². The minimum atomic E-state index is -0.505. The second kappa shape index (κ2) is 2.77. The summed E-state index contributed by atoms with van der Waals surface area (Å²) in [7, 11) is -0.505. The Balaban J connectivity index is 1.98. The van der Waals surface area contributed by atoms with Crippen LogP contribution in [0, 0.1) is 5.41 Å². The highest BCUT2D eigenvalue weighted by Gasteiger charge is 2.42. The molecule has 2 saturated heterocycles. The summed E-state index contributed by atoms with van der Waals surface area (Å²) in [6, 6.07) is 0. The van der Waals surface area contributed by atoms with Crippen LogP contribution in [-0.4, -0.2) is 31.8 Å². The average Bonchev–Trinajstić information content (AvgIpc) is 2.34. The second-order valence-corrected chi connectivity index (χ2v) is 3.75. The molecule has 0 aromatic carbocycles. The van der Waals surface area contributed by atoms with Gasteiger partial charge in [0.15, 0.2) is 0 Å². The zero-order valence-corrected chi connectivity index (χ0v) is 6.68. The van der Waals surface area contributed by atoms with Gasteiger partial charge in [0.1, 0.15) is 0 Å². The molecule has 0 amide bonds. The van der Waals surface area contributed by atoms with E-state index >= 15 is 0 Å². The molecule has 1 atom stereocenters. The Morgan fingerprint density at radius 3 is 3.00 bits per heavy atom. The van der Waals surface area contributed by atoms with Crippen LogP contribution in [0.4, 0.5) is 0 Å². The predicted octanol–water partition coefficient (Wildman–Crippen LogP) is -0.133. The van der Waals surface area contributed by atoms with Crippen molar-refractivity contribution in [3.05, 3.63) is 0 Å². The van der Waals surface area contributed by atoms with Gasteiger partial charge in [-0.25, -0.2) is 0 Å². The Hall–Kier alpha value is -0.0551. The molecule has 2 rings (SSSR count). The van der Waals surface area contributed by atoms with Crippen LogP contribution in [0.1, 0.15) is 12.8 Å². The molecule has 62 valence electrons. The highest BCUT2D eigenvalue weighted by molar-refractivity contribution is 6.43. The number of rotatable bonds is 0. The zero-order chi connectivity index (χ0) is 7.73. The van der Waals surface area contributed by atoms with Crippen molar-refractivity contribution in [3.8, 4) is 0 Å². The van der Waals surface area contributed by atoms with Crippen molar-refractivity contribution < 1.29 is 9.68 Å². The molecule has 3 nitrogen and oxygen atoms in total. The van der Waals surface area contributed by atoms with Crippen LogP contribution < -0.4 is 5.32 Å². The molecule has 2 fully saturated rings. The summed E-state index contributed by atoms with van der Waals surface area (Å²) in [4.78, 5) is 0. The SMILES string of the molecule is OB1CC2(CCCNC2)CO1. The Labute approximate surface area is 67.3 Å². The predicted molar refractivity (Wildman–Crippen MR) is 43.3 cm³/mol. The summed E-state index contributed by atoms with van der Waals surface area (Å²) in [5.74, 6) is 0. The van der Waals surface area contributed by atoms with E-state index in [-0.39, 0.29) is 5.41 Å². The van der Waals surface area contributed by atoms with Gasteiger partial charge in [0, 0.05) is 18.6 Å². The second-order valence-electron chi connectivity index (χ2n) is 3.75. The monoisotopic (exact) mass is 155 g/mol. The van der Waals surface area contributed by atoms with E-state index in [0.29, 0.717) is 0 Å². The minimum absolute atomic E-state index is 0.262. The first-order valence-corrected chi connectivity index (χ1v) is 4.31. The highest BCUT2D eigenvalue weighted by atomic mass is 16.5. The Morgan fingerprint density at radius 2 is 2.45 bits per heavy atom. The number of hydrogen-bond donors (Lipinski definition) is 2. The highest BCUT2D eigenvalue weighted by Crippen LogP contribution is 2.36. The van der Waals surface area contributed by atoms with Crippen LogP contribution in [0.25, 0.3) is 0 Å².